The second-order valence-corrected chi connectivity index (χ2v) is 9.86. The molecule has 0 spiro atoms. The Morgan fingerprint density at radius 3 is 2.83 bits per heavy atom. The minimum absolute atomic E-state index is 0.186. The number of aliphatic hydroxyl groups excluding tert-OH is 1. The molecule has 35 heavy (non-hydrogen) atoms. The number of benzene rings is 1. The lowest BCUT2D eigenvalue weighted by atomic mass is 10.2. The monoisotopic (exact) mass is 506 g/mol. The molecule has 0 radical (unpaired) electrons. The molecule has 0 saturated carbocycles. The Hall–Kier alpha value is -3.09. The topological polar surface area (TPSA) is 173 Å². The quantitative estimate of drug-likeness (QED) is 0.269. The van der Waals surface area contributed by atoms with Gasteiger partial charge in [0.25, 0.3) is 0 Å². The molecule has 14 heteroatoms. The molecule has 1 unspecified atom stereocenters. The van der Waals surface area contributed by atoms with Gasteiger partial charge in [-0.25, -0.2) is 24.6 Å². The first-order valence-electron chi connectivity index (χ1n) is 10.9. The summed E-state index contributed by atoms with van der Waals surface area (Å²) in [6.07, 6.45) is 0.245. The third-order valence-electron chi connectivity index (χ3n) is 5.01. The van der Waals surface area contributed by atoms with E-state index in [0.29, 0.717) is 11.2 Å². The molecular weight excluding hydrogens is 479 g/mol. The number of fused-ring (bicyclic) bond motifs is 1. The van der Waals surface area contributed by atoms with Gasteiger partial charge >= 0.3 is 13.7 Å². The van der Waals surface area contributed by atoms with Gasteiger partial charge in [0.2, 0.25) is 0 Å². The normalized spacial score (nSPS) is 21.8. The number of anilines is 1. The van der Waals surface area contributed by atoms with E-state index >= 15 is 0 Å². The summed E-state index contributed by atoms with van der Waals surface area (Å²) in [5.41, 5.74) is 6.63. The van der Waals surface area contributed by atoms with E-state index in [4.69, 9.17) is 24.3 Å². The zero-order valence-corrected chi connectivity index (χ0v) is 20.1. The molecule has 3 aromatic rings. The van der Waals surface area contributed by atoms with Crippen LogP contribution in [0.2, 0.25) is 0 Å². The van der Waals surface area contributed by atoms with Crippen molar-refractivity contribution in [3.63, 3.8) is 0 Å². The predicted octanol–water partition coefficient (Wildman–Crippen LogP) is 1.80. The highest BCUT2D eigenvalue weighted by molar-refractivity contribution is 7.52. The van der Waals surface area contributed by atoms with Crippen LogP contribution in [0, 0.1) is 0 Å². The maximum absolute atomic E-state index is 13.4. The van der Waals surface area contributed by atoms with Gasteiger partial charge in [0.1, 0.15) is 30.2 Å². The number of nitrogen functional groups attached to an aromatic ring is 1. The molecule has 0 amide bonds. The third kappa shape index (κ3) is 6.13. The lowest BCUT2D eigenvalue weighted by Crippen LogP contribution is -2.28. The lowest BCUT2D eigenvalue weighted by molar-refractivity contribution is -0.145. The summed E-state index contributed by atoms with van der Waals surface area (Å²) in [6.45, 7) is 2.84. The highest BCUT2D eigenvalue weighted by Gasteiger charge is 2.38. The number of para-hydroxylation sites is 1. The summed E-state index contributed by atoms with van der Waals surface area (Å²) in [5.74, 6) is -0.114. The van der Waals surface area contributed by atoms with Crippen molar-refractivity contribution >= 4 is 30.7 Å². The Kier molecular flexibility index (Phi) is 7.63. The Bertz CT molecular complexity index is 1210. The van der Waals surface area contributed by atoms with E-state index in [1.807, 2.05) is 0 Å². The summed E-state index contributed by atoms with van der Waals surface area (Å²) in [7, 11) is -4.00. The fourth-order valence-electron chi connectivity index (χ4n) is 3.52. The second-order valence-electron chi connectivity index (χ2n) is 8.11. The van der Waals surface area contributed by atoms with Crippen LogP contribution in [0.3, 0.4) is 0 Å². The lowest BCUT2D eigenvalue weighted by Gasteiger charge is -2.22. The SMILES string of the molecule is CC(C)OC(=O)CNP(=O)(OC[C@@H]1C[C@@H](O)[C@H](n2cnc3c(N)ncnc32)O1)Oc1ccccc1. The maximum Gasteiger partial charge on any atom is 0.459 e. The van der Waals surface area contributed by atoms with Gasteiger partial charge in [0.15, 0.2) is 17.7 Å². The van der Waals surface area contributed by atoms with Crippen molar-refractivity contribution < 1.29 is 33.0 Å². The molecule has 4 rings (SSSR count). The maximum atomic E-state index is 13.4. The van der Waals surface area contributed by atoms with Crippen LogP contribution in [0.15, 0.2) is 43.0 Å². The fourth-order valence-corrected chi connectivity index (χ4v) is 4.81. The largest absolute Gasteiger partial charge is 0.462 e. The van der Waals surface area contributed by atoms with Crippen LogP contribution < -0.4 is 15.3 Å². The molecule has 1 aromatic carbocycles. The van der Waals surface area contributed by atoms with Crippen molar-refractivity contribution in [3.05, 3.63) is 43.0 Å². The number of esters is 1. The third-order valence-corrected chi connectivity index (χ3v) is 6.50. The number of ether oxygens (including phenoxy) is 2. The van der Waals surface area contributed by atoms with Gasteiger partial charge in [-0.2, -0.15) is 0 Å². The number of hydrogen-bond donors (Lipinski definition) is 3. The van der Waals surface area contributed by atoms with Crippen LogP contribution in [-0.2, 0) is 23.4 Å². The predicted molar refractivity (Wildman–Crippen MR) is 124 cm³/mol. The number of nitrogens with zero attached hydrogens (tertiary/aromatic N) is 4. The van der Waals surface area contributed by atoms with E-state index in [2.05, 4.69) is 20.0 Å². The second kappa shape index (κ2) is 10.7. The number of aromatic nitrogens is 4. The summed E-state index contributed by atoms with van der Waals surface area (Å²) < 4.78 is 37.1. The van der Waals surface area contributed by atoms with Crippen LogP contribution in [0.5, 0.6) is 5.75 Å². The summed E-state index contributed by atoms with van der Waals surface area (Å²) >= 11 is 0. The van der Waals surface area contributed by atoms with E-state index in [-0.39, 0.29) is 37.2 Å². The minimum Gasteiger partial charge on any atom is -0.462 e. The molecule has 1 aliphatic heterocycles. The van der Waals surface area contributed by atoms with Crippen LogP contribution in [0.4, 0.5) is 5.82 Å². The van der Waals surface area contributed by atoms with E-state index in [0.717, 1.165) is 0 Å². The average Bonchev–Trinajstić information content (AvgIpc) is 3.41. The fraction of sp³-hybridized carbons (Fsp3) is 0.429. The Balaban J connectivity index is 1.43. The van der Waals surface area contributed by atoms with Gasteiger partial charge < -0.3 is 24.8 Å². The number of nitrogens with one attached hydrogen (secondary N) is 1. The number of hydrogen-bond acceptors (Lipinski definition) is 11. The molecule has 4 N–H and O–H groups in total. The highest BCUT2D eigenvalue weighted by atomic mass is 31.2. The molecule has 1 aliphatic rings. The molecular formula is C21H27N6O7P. The smallest absolute Gasteiger partial charge is 0.459 e. The molecule has 1 fully saturated rings. The summed E-state index contributed by atoms with van der Waals surface area (Å²) in [5, 5.41) is 13.1. The molecule has 0 bridgehead atoms. The van der Waals surface area contributed by atoms with E-state index in [9.17, 15) is 14.5 Å². The first kappa shape index (κ1) is 25.0. The van der Waals surface area contributed by atoms with E-state index in [1.54, 1.807) is 48.7 Å². The molecule has 188 valence electrons. The van der Waals surface area contributed by atoms with E-state index in [1.165, 1.54) is 12.7 Å². The van der Waals surface area contributed by atoms with Crippen molar-refractivity contribution in [2.24, 2.45) is 0 Å². The van der Waals surface area contributed by atoms with Crippen LogP contribution in [0.1, 0.15) is 26.5 Å². The van der Waals surface area contributed by atoms with Crippen molar-refractivity contribution in [2.45, 2.75) is 44.8 Å². The zero-order chi connectivity index (χ0) is 25.0. The Morgan fingerprint density at radius 1 is 1.31 bits per heavy atom. The van der Waals surface area contributed by atoms with Gasteiger partial charge in [-0.15, -0.1) is 0 Å². The van der Waals surface area contributed by atoms with Gasteiger partial charge in [-0.1, -0.05) is 18.2 Å². The number of rotatable bonds is 10. The molecule has 1 saturated heterocycles. The van der Waals surface area contributed by atoms with Gasteiger partial charge in [0.05, 0.1) is 25.1 Å². The van der Waals surface area contributed by atoms with Crippen molar-refractivity contribution in [3.8, 4) is 5.75 Å². The minimum atomic E-state index is -4.00. The van der Waals surface area contributed by atoms with E-state index < -0.39 is 32.2 Å². The average molecular weight is 506 g/mol. The number of nitrogens with two attached hydrogens (primary N) is 1. The van der Waals surface area contributed by atoms with Crippen LogP contribution in [-0.4, -0.2) is 62.1 Å². The number of carbonyl (C=O) groups excluding carboxylic acids is 1. The summed E-state index contributed by atoms with van der Waals surface area (Å²) in [4.78, 5) is 24.2. The molecule has 4 atom stereocenters. The van der Waals surface area contributed by atoms with Gasteiger partial charge in [0, 0.05) is 6.42 Å². The van der Waals surface area contributed by atoms with Crippen LogP contribution >= 0.6 is 7.75 Å². The van der Waals surface area contributed by atoms with Crippen molar-refractivity contribution in [1.29, 1.82) is 0 Å². The van der Waals surface area contributed by atoms with Gasteiger partial charge in [-0.05, 0) is 26.0 Å². The van der Waals surface area contributed by atoms with Crippen LogP contribution in [0.25, 0.3) is 11.2 Å². The number of carbonyl (C=O) groups is 1. The van der Waals surface area contributed by atoms with Gasteiger partial charge in [-0.3, -0.25) is 13.9 Å². The Morgan fingerprint density at radius 2 is 2.09 bits per heavy atom. The first-order chi connectivity index (χ1) is 16.7. The van der Waals surface area contributed by atoms with Crippen molar-refractivity contribution in [1.82, 2.24) is 24.6 Å². The highest BCUT2D eigenvalue weighted by Crippen LogP contribution is 2.45. The Labute approximate surface area is 201 Å². The number of aliphatic hydroxyl groups is 1. The zero-order valence-electron chi connectivity index (χ0n) is 19.2. The molecule has 0 aliphatic carbocycles. The standard InChI is InChI=1S/C21H27N6O7P/c1-13(2)32-17(29)9-26-35(30,34-14-6-4-3-5-7-14)31-10-15-8-16(28)21(33-15)27-12-25-18-19(22)23-11-24-20(18)27/h3-7,11-13,15-16,21,28H,8-10H2,1-2H3,(H,26,30)(H2,22,23,24)/t15-,16+,21+,35?/m0/s1. The number of imidazole rings is 1. The molecule has 2 aromatic heterocycles. The summed E-state index contributed by atoms with van der Waals surface area (Å²) in [6, 6.07) is 8.40. The molecule has 13 nitrogen and oxygen atoms in total. The molecule has 3 heterocycles. The first-order valence-corrected chi connectivity index (χ1v) is 12.5. The van der Waals surface area contributed by atoms with Crippen molar-refractivity contribution in [2.75, 3.05) is 18.9 Å².